The zero-order valence-corrected chi connectivity index (χ0v) is 13.3. The van der Waals surface area contributed by atoms with Gasteiger partial charge in [-0.2, -0.15) is 0 Å². The summed E-state index contributed by atoms with van der Waals surface area (Å²) >= 11 is 0. The molecule has 0 bridgehead atoms. The van der Waals surface area contributed by atoms with Crippen molar-refractivity contribution >= 4 is 11.9 Å². The van der Waals surface area contributed by atoms with E-state index in [1.54, 1.807) is 7.11 Å². The predicted molar refractivity (Wildman–Crippen MR) is 81.7 cm³/mol. The van der Waals surface area contributed by atoms with Crippen molar-refractivity contribution in [3.63, 3.8) is 0 Å². The number of ether oxygens (including phenoxy) is 3. The summed E-state index contributed by atoms with van der Waals surface area (Å²) in [5.74, 6) is -0.0751. The molecule has 0 fully saturated rings. The number of carbonyl (C=O) groups excluding carboxylic acids is 2. The molecule has 1 atom stereocenters. The van der Waals surface area contributed by atoms with Gasteiger partial charge in [-0.1, -0.05) is 18.2 Å². The molecule has 0 saturated heterocycles. The van der Waals surface area contributed by atoms with E-state index in [1.807, 2.05) is 31.2 Å². The number of para-hydroxylation sites is 1. The molecule has 22 heavy (non-hydrogen) atoms. The van der Waals surface area contributed by atoms with E-state index in [9.17, 15) is 9.59 Å². The Balaban J connectivity index is 2.25. The van der Waals surface area contributed by atoms with E-state index in [-0.39, 0.29) is 18.9 Å². The highest BCUT2D eigenvalue weighted by molar-refractivity contribution is 5.83. The molecule has 6 heteroatoms. The first-order valence-electron chi connectivity index (χ1n) is 7.19. The lowest BCUT2D eigenvalue weighted by Gasteiger charge is -2.14. The smallest absolute Gasteiger partial charge is 0.310 e. The monoisotopic (exact) mass is 309 g/mol. The van der Waals surface area contributed by atoms with Gasteiger partial charge < -0.3 is 19.5 Å². The Kier molecular flexibility index (Phi) is 7.99. The van der Waals surface area contributed by atoms with Crippen molar-refractivity contribution < 1.29 is 23.8 Å². The van der Waals surface area contributed by atoms with Gasteiger partial charge in [0.15, 0.2) is 6.10 Å². The minimum Gasteiger partial charge on any atom is -0.493 e. The average molecular weight is 309 g/mol. The van der Waals surface area contributed by atoms with Gasteiger partial charge in [-0.05, 0) is 25.5 Å². The van der Waals surface area contributed by atoms with E-state index in [1.165, 1.54) is 6.92 Å². The molecule has 0 aliphatic heterocycles. The Labute approximate surface area is 130 Å². The zero-order chi connectivity index (χ0) is 16.4. The quantitative estimate of drug-likeness (QED) is 0.552. The van der Waals surface area contributed by atoms with Crippen molar-refractivity contribution in [2.75, 3.05) is 26.9 Å². The summed E-state index contributed by atoms with van der Waals surface area (Å²) in [7, 11) is 1.55. The minimum absolute atomic E-state index is 0.0873. The molecule has 0 aliphatic carbocycles. The van der Waals surface area contributed by atoms with Gasteiger partial charge in [0.1, 0.15) is 5.75 Å². The molecule has 1 N–H and O–H groups in total. The van der Waals surface area contributed by atoms with Crippen LogP contribution in [0.3, 0.4) is 0 Å². The van der Waals surface area contributed by atoms with E-state index in [2.05, 4.69) is 5.32 Å². The number of rotatable bonds is 9. The Morgan fingerprint density at radius 2 is 1.95 bits per heavy atom. The molecular weight excluding hydrogens is 286 g/mol. The van der Waals surface area contributed by atoms with Crippen molar-refractivity contribution in [2.45, 2.75) is 26.4 Å². The van der Waals surface area contributed by atoms with E-state index in [0.717, 1.165) is 11.3 Å². The number of nitrogens with one attached hydrogen (secondary N) is 1. The van der Waals surface area contributed by atoms with Gasteiger partial charge in [-0.15, -0.1) is 0 Å². The van der Waals surface area contributed by atoms with Gasteiger partial charge in [0.25, 0.3) is 5.91 Å². The highest BCUT2D eigenvalue weighted by Crippen LogP contribution is 2.16. The van der Waals surface area contributed by atoms with Gasteiger partial charge in [0.05, 0.1) is 19.6 Å². The molecule has 0 saturated carbocycles. The number of esters is 1. The molecule has 1 aromatic rings. The van der Waals surface area contributed by atoms with Gasteiger partial charge >= 0.3 is 5.97 Å². The molecule has 6 nitrogen and oxygen atoms in total. The first kappa shape index (κ1) is 18.0. The van der Waals surface area contributed by atoms with E-state index in [4.69, 9.17) is 14.2 Å². The maximum Gasteiger partial charge on any atom is 0.310 e. The van der Waals surface area contributed by atoms with Crippen LogP contribution in [0.4, 0.5) is 0 Å². The van der Waals surface area contributed by atoms with Crippen molar-refractivity contribution in [3.05, 3.63) is 29.8 Å². The zero-order valence-electron chi connectivity index (χ0n) is 13.3. The molecule has 0 spiro atoms. The second-order valence-electron chi connectivity index (χ2n) is 4.78. The Bertz CT molecular complexity index is 489. The Hall–Kier alpha value is -2.08. The maximum atomic E-state index is 11.7. The van der Waals surface area contributed by atoms with Crippen LogP contribution in [0.2, 0.25) is 0 Å². The first-order valence-corrected chi connectivity index (χ1v) is 7.19. The molecule has 1 rings (SSSR count). The van der Waals surface area contributed by atoms with Crippen LogP contribution in [0.1, 0.15) is 18.9 Å². The lowest BCUT2D eigenvalue weighted by molar-refractivity contribution is -0.155. The van der Waals surface area contributed by atoms with Crippen LogP contribution < -0.4 is 10.1 Å². The second kappa shape index (κ2) is 9.78. The third-order valence-corrected chi connectivity index (χ3v) is 2.94. The Morgan fingerprint density at radius 3 is 2.64 bits per heavy atom. The fraction of sp³-hybridized carbons (Fsp3) is 0.500. The van der Waals surface area contributed by atoms with Crippen LogP contribution in [0.25, 0.3) is 0 Å². The van der Waals surface area contributed by atoms with Crippen LogP contribution in [0.15, 0.2) is 24.3 Å². The summed E-state index contributed by atoms with van der Waals surface area (Å²) in [6.07, 6.45) is -0.743. The fourth-order valence-corrected chi connectivity index (χ4v) is 1.69. The number of aryl methyl sites for hydroxylation is 1. The highest BCUT2D eigenvalue weighted by atomic mass is 16.5. The fourth-order valence-electron chi connectivity index (χ4n) is 1.69. The molecule has 0 aromatic heterocycles. The molecular formula is C16H23NO5. The number of hydrogen-bond donors (Lipinski definition) is 1. The molecule has 0 unspecified atom stereocenters. The molecule has 1 aromatic carbocycles. The lowest BCUT2D eigenvalue weighted by atomic mass is 10.2. The van der Waals surface area contributed by atoms with Gasteiger partial charge in [-0.3, -0.25) is 9.59 Å². The van der Waals surface area contributed by atoms with E-state index >= 15 is 0 Å². The second-order valence-corrected chi connectivity index (χ2v) is 4.78. The molecule has 122 valence electrons. The number of benzene rings is 1. The number of amides is 1. The van der Waals surface area contributed by atoms with Crippen LogP contribution in [-0.2, 0) is 19.1 Å². The number of hydrogen-bond acceptors (Lipinski definition) is 5. The van der Waals surface area contributed by atoms with Crippen LogP contribution in [0, 0.1) is 6.92 Å². The number of carbonyl (C=O) groups is 2. The third-order valence-electron chi connectivity index (χ3n) is 2.94. The van der Waals surface area contributed by atoms with Gasteiger partial charge in [0, 0.05) is 13.7 Å². The van der Waals surface area contributed by atoms with E-state index in [0.29, 0.717) is 13.2 Å². The summed E-state index contributed by atoms with van der Waals surface area (Å²) < 4.78 is 15.4. The van der Waals surface area contributed by atoms with Crippen molar-refractivity contribution in [3.8, 4) is 5.75 Å². The van der Waals surface area contributed by atoms with Gasteiger partial charge in [-0.25, -0.2) is 0 Å². The lowest BCUT2D eigenvalue weighted by Crippen LogP contribution is -2.37. The Morgan fingerprint density at radius 1 is 1.23 bits per heavy atom. The summed E-state index contributed by atoms with van der Waals surface area (Å²) in [4.78, 5) is 23.3. The molecule has 1 amide bonds. The summed E-state index contributed by atoms with van der Waals surface area (Å²) in [6, 6.07) is 7.56. The molecule has 0 heterocycles. The SMILES string of the molecule is COCCNC(=O)[C@@H](C)OC(=O)CCOc1ccccc1C. The third kappa shape index (κ3) is 6.58. The first-order chi connectivity index (χ1) is 10.5. The van der Waals surface area contributed by atoms with Crippen molar-refractivity contribution in [1.29, 1.82) is 0 Å². The topological polar surface area (TPSA) is 73.9 Å². The summed E-state index contributed by atoms with van der Waals surface area (Å²) in [5, 5.41) is 2.61. The van der Waals surface area contributed by atoms with Crippen LogP contribution in [-0.4, -0.2) is 44.8 Å². The summed E-state index contributed by atoms with van der Waals surface area (Å²) in [6.45, 7) is 4.47. The highest BCUT2D eigenvalue weighted by Gasteiger charge is 2.17. The minimum atomic E-state index is -0.831. The predicted octanol–water partition coefficient (Wildman–Crippen LogP) is 1.46. The normalized spacial score (nSPS) is 11.6. The van der Waals surface area contributed by atoms with E-state index < -0.39 is 12.1 Å². The largest absolute Gasteiger partial charge is 0.493 e. The van der Waals surface area contributed by atoms with Crippen LogP contribution in [0.5, 0.6) is 5.75 Å². The van der Waals surface area contributed by atoms with Crippen molar-refractivity contribution in [2.24, 2.45) is 0 Å². The molecule has 0 radical (unpaired) electrons. The molecule has 0 aliphatic rings. The maximum absolute atomic E-state index is 11.7. The number of methoxy groups -OCH3 is 1. The standard InChI is InChI=1S/C16H23NO5/c1-12-6-4-5-7-14(12)21-10-8-15(18)22-13(2)16(19)17-9-11-20-3/h4-7,13H,8-11H2,1-3H3,(H,17,19)/t13-/m1/s1. The van der Waals surface area contributed by atoms with Gasteiger partial charge in [0.2, 0.25) is 0 Å². The van der Waals surface area contributed by atoms with Crippen molar-refractivity contribution in [1.82, 2.24) is 5.32 Å². The van der Waals surface area contributed by atoms with Crippen LogP contribution >= 0.6 is 0 Å². The summed E-state index contributed by atoms with van der Waals surface area (Å²) in [5.41, 5.74) is 1.00. The average Bonchev–Trinajstić information content (AvgIpc) is 2.49.